The van der Waals surface area contributed by atoms with E-state index in [9.17, 15) is 0 Å². The van der Waals surface area contributed by atoms with Crippen LogP contribution in [-0.4, -0.2) is 29.7 Å². The number of hydrogen-bond acceptors (Lipinski definition) is 2. The average molecular weight is 241 g/mol. The van der Waals surface area contributed by atoms with E-state index in [1.54, 1.807) is 0 Å². The molecule has 0 bridgehead atoms. The molecule has 1 heterocycles. The van der Waals surface area contributed by atoms with Crippen molar-refractivity contribution in [2.75, 3.05) is 19.7 Å². The molecule has 0 aromatic heterocycles. The van der Waals surface area contributed by atoms with Gasteiger partial charge in [0.25, 0.3) is 0 Å². The van der Waals surface area contributed by atoms with Gasteiger partial charge < -0.3 is 10.1 Å². The van der Waals surface area contributed by atoms with Crippen molar-refractivity contribution in [2.24, 2.45) is 0 Å². The number of nitrogens with one attached hydrogen (secondary N) is 1. The van der Waals surface area contributed by atoms with E-state index >= 15 is 0 Å². The van der Waals surface area contributed by atoms with E-state index in [4.69, 9.17) is 4.74 Å². The third-order valence-electron chi connectivity index (χ3n) is 1.47. The summed E-state index contributed by atoms with van der Waals surface area (Å²) >= 11 is 2.40. The number of rotatable bonds is 1. The lowest BCUT2D eigenvalue weighted by molar-refractivity contribution is 0.0328. The van der Waals surface area contributed by atoms with Gasteiger partial charge in [-0.15, -0.1) is 0 Å². The summed E-state index contributed by atoms with van der Waals surface area (Å²) < 4.78 is 6.09. The minimum absolute atomic E-state index is 0.430. The zero-order valence-electron chi connectivity index (χ0n) is 5.56. The Morgan fingerprint density at radius 2 is 2.56 bits per heavy atom. The van der Waals surface area contributed by atoms with Crippen molar-refractivity contribution >= 4 is 22.6 Å². The fraction of sp³-hybridized carbons (Fsp3) is 1.00. The van der Waals surface area contributed by atoms with Crippen LogP contribution in [0.4, 0.5) is 0 Å². The van der Waals surface area contributed by atoms with Gasteiger partial charge in [-0.2, -0.15) is 0 Å². The first kappa shape index (κ1) is 7.75. The smallest absolute Gasteiger partial charge is 0.0814 e. The first-order chi connectivity index (χ1) is 4.30. The fourth-order valence-electron chi connectivity index (χ4n) is 0.881. The van der Waals surface area contributed by atoms with Crippen molar-refractivity contribution in [3.05, 3.63) is 0 Å². The van der Waals surface area contributed by atoms with Crippen molar-refractivity contribution in [2.45, 2.75) is 17.0 Å². The highest BCUT2D eigenvalue weighted by atomic mass is 127. The highest BCUT2D eigenvalue weighted by Gasteiger charge is 2.17. The largest absolute Gasteiger partial charge is 0.374 e. The third-order valence-corrected chi connectivity index (χ3v) is 2.27. The second-order valence-electron chi connectivity index (χ2n) is 2.29. The van der Waals surface area contributed by atoms with Gasteiger partial charge in [-0.05, 0) is 0 Å². The minimum atomic E-state index is 0.430. The first-order valence-electron chi connectivity index (χ1n) is 3.27. The van der Waals surface area contributed by atoms with Crippen molar-refractivity contribution in [1.82, 2.24) is 5.32 Å². The maximum Gasteiger partial charge on any atom is 0.0814 e. The molecule has 1 N–H and O–H groups in total. The third kappa shape index (κ3) is 2.39. The quantitative estimate of drug-likeness (QED) is 0.541. The summed E-state index contributed by atoms with van der Waals surface area (Å²) in [7, 11) is 0. The van der Waals surface area contributed by atoms with Crippen molar-refractivity contribution in [3.63, 3.8) is 0 Å². The van der Waals surface area contributed by atoms with E-state index in [1.807, 2.05) is 0 Å². The van der Waals surface area contributed by atoms with Gasteiger partial charge in [0, 0.05) is 17.0 Å². The summed E-state index contributed by atoms with van der Waals surface area (Å²) in [5.74, 6) is 0. The fourth-order valence-corrected chi connectivity index (χ4v) is 1.34. The van der Waals surface area contributed by atoms with Gasteiger partial charge in [0.2, 0.25) is 0 Å². The van der Waals surface area contributed by atoms with Crippen LogP contribution in [-0.2, 0) is 4.74 Å². The Bertz CT molecular complexity index is 81.1. The Hall–Kier alpha value is 0.650. The van der Waals surface area contributed by atoms with Crippen molar-refractivity contribution in [1.29, 1.82) is 0 Å². The first-order valence-corrected chi connectivity index (χ1v) is 4.51. The zero-order valence-corrected chi connectivity index (χ0v) is 7.72. The molecule has 2 nitrogen and oxygen atoms in total. The topological polar surface area (TPSA) is 21.3 Å². The van der Waals surface area contributed by atoms with Crippen LogP contribution >= 0.6 is 22.6 Å². The molecule has 2 unspecified atom stereocenters. The molecule has 0 spiro atoms. The lowest BCUT2D eigenvalue weighted by Gasteiger charge is -2.25. The van der Waals surface area contributed by atoms with Gasteiger partial charge in [0.05, 0.1) is 12.7 Å². The van der Waals surface area contributed by atoms with E-state index < -0.39 is 0 Å². The van der Waals surface area contributed by atoms with Crippen LogP contribution < -0.4 is 5.32 Å². The molecule has 0 aromatic rings. The van der Waals surface area contributed by atoms with Crippen LogP contribution in [0.1, 0.15) is 6.92 Å². The maximum atomic E-state index is 5.47. The number of hydrogen-bond donors (Lipinski definition) is 1. The maximum absolute atomic E-state index is 5.47. The van der Waals surface area contributed by atoms with Gasteiger partial charge in [0.1, 0.15) is 0 Å². The molecular weight excluding hydrogens is 229 g/mol. The van der Waals surface area contributed by atoms with E-state index in [0.29, 0.717) is 10.0 Å². The van der Waals surface area contributed by atoms with Crippen LogP contribution in [0.3, 0.4) is 0 Å². The highest BCUT2D eigenvalue weighted by molar-refractivity contribution is 14.1. The number of alkyl halides is 1. The molecule has 3 heteroatoms. The molecule has 0 aromatic carbocycles. The summed E-state index contributed by atoms with van der Waals surface area (Å²) in [6.07, 6.45) is 0.430. The lowest BCUT2D eigenvalue weighted by Crippen LogP contribution is -2.42. The lowest BCUT2D eigenvalue weighted by atomic mass is 10.2. The van der Waals surface area contributed by atoms with E-state index in [-0.39, 0.29) is 0 Å². The van der Waals surface area contributed by atoms with Gasteiger partial charge >= 0.3 is 0 Å². The normalized spacial score (nSPS) is 32.0. The molecule has 0 amide bonds. The Morgan fingerprint density at radius 3 is 2.89 bits per heavy atom. The van der Waals surface area contributed by atoms with Crippen LogP contribution in [0.5, 0.6) is 0 Å². The summed E-state index contributed by atoms with van der Waals surface area (Å²) in [6.45, 7) is 5.08. The van der Waals surface area contributed by atoms with E-state index in [2.05, 4.69) is 34.8 Å². The molecule has 0 radical (unpaired) electrons. The highest BCUT2D eigenvalue weighted by Crippen LogP contribution is 2.09. The zero-order chi connectivity index (χ0) is 6.69. The molecule has 1 aliphatic heterocycles. The van der Waals surface area contributed by atoms with Gasteiger partial charge in [0.15, 0.2) is 0 Å². The second-order valence-corrected chi connectivity index (χ2v) is 4.26. The SMILES string of the molecule is CC(I)C1CNCCO1. The molecular formula is C6H12INO. The summed E-state index contributed by atoms with van der Waals surface area (Å²) in [5, 5.41) is 3.29. The Morgan fingerprint density at radius 1 is 1.78 bits per heavy atom. The van der Waals surface area contributed by atoms with E-state index in [0.717, 1.165) is 19.7 Å². The van der Waals surface area contributed by atoms with Gasteiger partial charge in [-0.25, -0.2) is 0 Å². The molecule has 1 saturated heterocycles. The standard InChI is InChI=1S/C6H12INO/c1-5(7)6-4-8-2-3-9-6/h5-6,8H,2-4H2,1H3. The second kappa shape index (κ2) is 3.73. The van der Waals surface area contributed by atoms with Crippen LogP contribution in [0.25, 0.3) is 0 Å². The number of morpholine rings is 1. The molecule has 0 aliphatic carbocycles. The molecule has 0 saturated carbocycles. The summed E-state index contributed by atoms with van der Waals surface area (Å²) in [4.78, 5) is 0. The Labute approximate surface area is 69.5 Å². The molecule has 9 heavy (non-hydrogen) atoms. The molecule has 2 atom stereocenters. The summed E-state index contributed by atoms with van der Waals surface area (Å²) in [5.41, 5.74) is 0. The average Bonchev–Trinajstić information content (AvgIpc) is 1.90. The molecule has 1 rings (SSSR count). The van der Waals surface area contributed by atoms with Gasteiger partial charge in [-0.3, -0.25) is 0 Å². The predicted molar refractivity (Wildman–Crippen MR) is 46.1 cm³/mol. The predicted octanol–water partition coefficient (Wildman–Crippen LogP) is 0.798. The van der Waals surface area contributed by atoms with Crippen LogP contribution in [0, 0.1) is 0 Å². The Balaban J connectivity index is 2.23. The molecule has 1 fully saturated rings. The van der Waals surface area contributed by atoms with Gasteiger partial charge in [-0.1, -0.05) is 29.5 Å². The number of halogens is 1. The molecule has 1 aliphatic rings. The van der Waals surface area contributed by atoms with Crippen molar-refractivity contribution in [3.8, 4) is 0 Å². The molecule has 54 valence electrons. The van der Waals surface area contributed by atoms with E-state index in [1.165, 1.54) is 0 Å². The minimum Gasteiger partial charge on any atom is -0.374 e. The van der Waals surface area contributed by atoms with Crippen LogP contribution in [0.2, 0.25) is 0 Å². The number of ether oxygens (including phenoxy) is 1. The van der Waals surface area contributed by atoms with Crippen molar-refractivity contribution < 1.29 is 4.74 Å². The monoisotopic (exact) mass is 241 g/mol. The summed E-state index contributed by atoms with van der Waals surface area (Å²) in [6, 6.07) is 0. The Kier molecular flexibility index (Phi) is 3.21. The van der Waals surface area contributed by atoms with Crippen LogP contribution in [0.15, 0.2) is 0 Å².